The van der Waals surface area contributed by atoms with Crippen molar-refractivity contribution in [3.63, 3.8) is 0 Å². The number of halogens is 1. The van der Waals surface area contributed by atoms with Crippen molar-refractivity contribution in [1.29, 1.82) is 0 Å². The van der Waals surface area contributed by atoms with E-state index in [9.17, 15) is 4.39 Å². The van der Waals surface area contributed by atoms with E-state index in [-0.39, 0.29) is 5.82 Å². The normalized spacial score (nSPS) is 17.4. The van der Waals surface area contributed by atoms with Crippen LogP contribution in [0, 0.1) is 18.2 Å². The van der Waals surface area contributed by atoms with Crippen LogP contribution in [0.2, 0.25) is 0 Å². The Labute approximate surface area is 180 Å². The van der Waals surface area contributed by atoms with E-state index in [2.05, 4.69) is 21.0 Å². The van der Waals surface area contributed by atoms with Crippen LogP contribution in [0.25, 0.3) is 16.8 Å². The molecule has 1 aliphatic heterocycles. The van der Waals surface area contributed by atoms with Crippen LogP contribution in [0.5, 0.6) is 0 Å². The second kappa shape index (κ2) is 6.87. The van der Waals surface area contributed by atoms with Gasteiger partial charge in [-0.2, -0.15) is 5.10 Å². The largest absolute Gasteiger partial charge is 0.355 e. The van der Waals surface area contributed by atoms with Crippen molar-refractivity contribution in [2.75, 3.05) is 18.0 Å². The van der Waals surface area contributed by atoms with Gasteiger partial charge in [-0.15, -0.1) is 0 Å². The first-order chi connectivity index (χ1) is 15.1. The molecule has 6 rings (SSSR count). The maximum atomic E-state index is 14.5. The fourth-order valence-corrected chi connectivity index (χ4v) is 5.47. The van der Waals surface area contributed by atoms with Crippen LogP contribution in [0.15, 0.2) is 55.0 Å². The molecule has 5 nitrogen and oxygen atoms in total. The molecular weight excluding hydrogens is 389 g/mol. The predicted octanol–water partition coefficient (Wildman–Crippen LogP) is 4.62. The molecule has 1 aromatic carbocycles. The van der Waals surface area contributed by atoms with Gasteiger partial charge >= 0.3 is 0 Å². The highest BCUT2D eigenvalue weighted by Gasteiger charge is 2.40. The summed E-state index contributed by atoms with van der Waals surface area (Å²) in [4.78, 5) is 11.7. The van der Waals surface area contributed by atoms with E-state index in [4.69, 9.17) is 4.98 Å². The lowest BCUT2D eigenvalue weighted by Gasteiger charge is -2.40. The minimum absolute atomic E-state index is 0.257. The molecule has 0 amide bonds. The molecule has 0 saturated carbocycles. The third-order valence-corrected chi connectivity index (χ3v) is 7.09. The number of hydrogen-bond donors (Lipinski definition) is 0. The Bertz CT molecular complexity index is 1260. The Morgan fingerprint density at radius 2 is 1.77 bits per heavy atom. The number of pyridine rings is 1. The number of aromatic nitrogens is 4. The van der Waals surface area contributed by atoms with Crippen LogP contribution in [-0.4, -0.2) is 32.7 Å². The predicted molar refractivity (Wildman–Crippen MR) is 119 cm³/mol. The molecule has 4 heterocycles. The van der Waals surface area contributed by atoms with Crippen LogP contribution in [0.3, 0.4) is 0 Å². The minimum Gasteiger partial charge on any atom is -0.355 e. The van der Waals surface area contributed by atoms with Crippen LogP contribution >= 0.6 is 0 Å². The zero-order valence-corrected chi connectivity index (χ0v) is 17.6. The Morgan fingerprint density at radius 3 is 2.58 bits per heavy atom. The molecule has 0 N–H and O–H groups in total. The molecule has 1 fully saturated rings. The smallest absolute Gasteiger partial charge is 0.155 e. The topological polar surface area (TPSA) is 46.3 Å². The highest BCUT2D eigenvalue weighted by atomic mass is 19.1. The molecule has 31 heavy (non-hydrogen) atoms. The lowest BCUT2D eigenvalue weighted by atomic mass is 9.76. The molecule has 0 bridgehead atoms. The van der Waals surface area contributed by atoms with E-state index in [1.165, 1.54) is 17.2 Å². The summed E-state index contributed by atoms with van der Waals surface area (Å²) in [6.45, 7) is 3.87. The molecule has 6 heteroatoms. The quantitative estimate of drug-likeness (QED) is 0.481. The monoisotopic (exact) mass is 413 g/mol. The second-order valence-electron chi connectivity index (χ2n) is 8.96. The maximum absolute atomic E-state index is 14.5. The van der Waals surface area contributed by atoms with Gasteiger partial charge in [0.05, 0.1) is 17.6 Å². The van der Waals surface area contributed by atoms with Crippen molar-refractivity contribution in [2.45, 2.75) is 32.6 Å². The van der Waals surface area contributed by atoms with Crippen LogP contribution in [0.1, 0.15) is 29.7 Å². The van der Waals surface area contributed by atoms with Gasteiger partial charge in [0, 0.05) is 31.0 Å². The highest BCUT2D eigenvalue weighted by molar-refractivity contribution is 5.75. The summed E-state index contributed by atoms with van der Waals surface area (Å²) >= 11 is 0. The number of hydrogen-bond acceptors (Lipinski definition) is 4. The van der Waals surface area contributed by atoms with E-state index < -0.39 is 0 Å². The van der Waals surface area contributed by atoms with Crippen molar-refractivity contribution >= 4 is 11.3 Å². The molecule has 3 aromatic heterocycles. The number of anilines is 1. The third-order valence-electron chi connectivity index (χ3n) is 7.09. The fourth-order valence-electron chi connectivity index (χ4n) is 5.47. The summed E-state index contributed by atoms with van der Waals surface area (Å²) in [6, 6.07) is 11.0. The summed E-state index contributed by atoms with van der Waals surface area (Å²) in [6.07, 6.45) is 10.3. The van der Waals surface area contributed by atoms with Crippen molar-refractivity contribution < 1.29 is 4.39 Å². The first-order valence-electron chi connectivity index (χ1n) is 10.9. The van der Waals surface area contributed by atoms with Gasteiger partial charge in [-0.05, 0) is 73.4 Å². The van der Waals surface area contributed by atoms with Gasteiger partial charge in [0.15, 0.2) is 5.82 Å². The van der Waals surface area contributed by atoms with E-state index in [1.54, 1.807) is 18.3 Å². The van der Waals surface area contributed by atoms with Crippen LogP contribution in [-0.2, 0) is 12.8 Å². The fraction of sp³-hybridized carbons (Fsp3) is 0.320. The standard InChI is InChI=1S/C25H24FN5/c1-17-23(20-4-2-3-5-21(20)26)31-22(7-11-28-31)24(29-17)30-12-8-25(9-13-30)14-18-6-10-27-16-19(18)15-25/h2-7,10-11,16H,8-9,12-15H2,1H3. The number of rotatable bonds is 2. The van der Waals surface area contributed by atoms with Gasteiger partial charge in [0.1, 0.15) is 11.3 Å². The third kappa shape index (κ3) is 2.92. The molecular formula is C25H24FN5. The molecule has 2 aliphatic rings. The van der Waals surface area contributed by atoms with Gasteiger partial charge in [-0.1, -0.05) is 12.1 Å². The highest BCUT2D eigenvalue weighted by Crippen LogP contribution is 2.45. The lowest BCUT2D eigenvalue weighted by Crippen LogP contribution is -2.41. The summed E-state index contributed by atoms with van der Waals surface area (Å²) in [5.41, 5.74) is 6.19. The van der Waals surface area contributed by atoms with Gasteiger partial charge in [-0.25, -0.2) is 13.9 Å². The molecule has 1 spiro atoms. The molecule has 0 unspecified atom stereocenters. The van der Waals surface area contributed by atoms with E-state index in [0.29, 0.717) is 16.7 Å². The number of piperidine rings is 1. The lowest BCUT2D eigenvalue weighted by molar-refractivity contribution is 0.232. The summed E-state index contributed by atoms with van der Waals surface area (Å²) in [5.74, 6) is 0.689. The Morgan fingerprint density at radius 1 is 0.968 bits per heavy atom. The Balaban J connectivity index is 1.33. The van der Waals surface area contributed by atoms with Crippen molar-refractivity contribution in [2.24, 2.45) is 5.41 Å². The average molecular weight is 414 g/mol. The van der Waals surface area contributed by atoms with Crippen molar-refractivity contribution in [3.8, 4) is 11.3 Å². The minimum atomic E-state index is -0.257. The number of fused-ring (bicyclic) bond motifs is 2. The first kappa shape index (κ1) is 18.5. The Kier molecular flexibility index (Phi) is 4.10. The van der Waals surface area contributed by atoms with Gasteiger partial charge < -0.3 is 4.90 Å². The van der Waals surface area contributed by atoms with E-state index in [0.717, 1.165) is 55.8 Å². The molecule has 156 valence electrons. The SMILES string of the molecule is Cc1nc(N2CCC3(CC2)Cc2ccncc2C3)c2ccnn2c1-c1ccccc1F. The molecule has 1 saturated heterocycles. The average Bonchev–Trinajstić information content (AvgIpc) is 3.39. The van der Waals surface area contributed by atoms with Crippen LogP contribution < -0.4 is 4.90 Å². The Hall–Kier alpha value is -3.28. The maximum Gasteiger partial charge on any atom is 0.155 e. The zero-order chi connectivity index (χ0) is 21.0. The van der Waals surface area contributed by atoms with Crippen LogP contribution in [0.4, 0.5) is 10.2 Å². The second-order valence-corrected chi connectivity index (χ2v) is 8.96. The van der Waals surface area contributed by atoms with Gasteiger partial charge in [0.25, 0.3) is 0 Å². The summed E-state index contributed by atoms with van der Waals surface area (Å²) < 4.78 is 16.4. The summed E-state index contributed by atoms with van der Waals surface area (Å²) in [7, 11) is 0. The zero-order valence-electron chi connectivity index (χ0n) is 17.6. The summed E-state index contributed by atoms with van der Waals surface area (Å²) in [5, 5.41) is 4.53. The number of aryl methyl sites for hydroxylation is 1. The van der Waals surface area contributed by atoms with Gasteiger partial charge in [0.2, 0.25) is 0 Å². The molecule has 1 aliphatic carbocycles. The van der Waals surface area contributed by atoms with E-state index in [1.807, 2.05) is 36.0 Å². The van der Waals surface area contributed by atoms with Crippen molar-refractivity contribution in [1.82, 2.24) is 19.6 Å². The molecule has 0 radical (unpaired) electrons. The van der Waals surface area contributed by atoms with Crippen molar-refractivity contribution in [3.05, 3.63) is 77.6 Å². The van der Waals surface area contributed by atoms with E-state index >= 15 is 0 Å². The molecule has 0 atom stereocenters. The first-order valence-corrected chi connectivity index (χ1v) is 10.9. The number of benzene rings is 1. The van der Waals surface area contributed by atoms with Gasteiger partial charge in [-0.3, -0.25) is 4.98 Å². The molecule has 4 aromatic rings. The number of nitrogens with zero attached hydrogens (tertiary/aromatic N) is 5.